The summed E-state index contributed by atoms with van der Waals surface area (Å²) in [6.07, 6.45) is 5.29. The molecule has 1 aromatic heterocycles. The van der Waals surface area contributed by atoms with Crippen molar-refractivity contribution in [3.63, 3.8) is 0 Å². The van der Waals surface area contributed by atoms with Crippen LogP contribution >= 0.6 is 11.6 Å². The van der Waals surface area contributed by atoms with Crippen LogP contribution in [0.4, 0.5) is 11.5 Å². The van der Waals surface area contributed by atoms with Crippen LogP contribution < -0.4 is 15.0 Å². The molecule has 0 radical (unpaired) electrons. The van der Waals surface area contributed by atoms with Crippen LogP contribution in [-0.4, -0.2) is 31.1 Å². The van der Waals surface area contributed by atoms with Crippen molar-refractivity contribution in [2.45, 2.75) is 19.3 Å². The summed E-state index contributed by atoms with van der Waals surface area (Å²) in [4.78, 5) is 19.9. The molecule has 0 bridgehead atoms. The number of halogens is 1. The van der Waals surface area contributed by atoms with Crippen molar-refractivity contribution in [3.05, 3.63) is 59.2 Å². The highest BCUT2D eigenvalue weighted by molar-refractivity contribution is 6.32. The van der Waals surface area contributed by atoms with Crippen LogP contribution in [-0.2, 0) is 0 Å². The topological polar surface area (TPSA) is 54.5 Å². The molecule has 2 heterocycles. The van der Waals surface area contributed by atoms with Gasteiger partial charge in [0, 0.05) is 30.4 Å². The summed E-state index contributed by atoms with van der Waals surface area (Å²) in [5, 5.41) is 5.26. The first-order valence-corrected chi connectivity index (χ1v) is 9.83. The lowest BCUT2D eigenvalue weighted by Gasteiger charge is -2.29. The normalized spacial score (nSPS) is 14.1. The van der Waals surface area contributed by atoms with Gasteiger partial charge in [-0.15, -0.1) is 0 Å². The fraction of sp³-hybridized carbons (Fsp3) is 0.273. The number of anilines is 2. The highest BCUT2D eigenvalue weighted by Gasteiger charge is 2.19. The average Bonchev–Trinajstić information content (AvgIpc) is 2.73. The van der Waals surface area contributed by atoms with Gasteiger partial charge in [-0.05, 0) is 42.8 Å². The van der Waals surface area contributed by atoms with Gasteiger partial charge in [0.05, 0.1) is 17.7 Å². The smallest absolute Gasteiger partial charge is 0.257 e. The number of nitrogens with one attached hydrogen (secondary N) is 1. The van der Waals surface area contributed by atoms with Crippen LogP contribution in [0.15, 0.2) is 48.7 Å². The van der Waals surface area contributed by atoms with Gasteiger partial charge in [-0.25, -0.2) is 4.98 Å². The Morgan fingerprint density at radius 3 is 2.57 bits per heavy atom. The molecule has 0 aliphatic carbocycles. The molecule has 5 nitrogen and oxygen atoms in total. The van der Waals surface area contributed by atoms with E-state index in [2.05, 4.69) is 15.2 Å². The van der Waals surface area contributed by atoms with Crippen LogP contribution in [0.1, 0.15) is 29.6 Å². The molecule has 1 fully saturated rings. The first-order chi connectivity index (χ1) is 13.7. The summed E-state index contributed by atoms with van der Waals surface area (Å²) in [5.41, 5.74) is 1.16. The second-order valence-corrected chi connectivity index (χ2v) is 7.30. The minimum atomic E-state index is -0.213. The predicted octanol–water partition coefficient (Wildman–Crippen LogP) is 5.14. The monoisotopic (exact) mass is 395 g/mol. The molecular formula is C22H22ClN3O2. The lowest BCUT2D eigenvalue weighted by molar-refractivity contribution is 0.102. The Labute approximate surface area is 169 Å². The highest BCUT2D eigenvalue weighted by Crippen LogP contribution is 2.31. The molecule has 28 heavy (non-hydrogen) atoms. The number of aromatic nitrogens is 1. The van der Waals surface area contributed by atoms with Crippen molar-refractivity contribution >= 4 is 39.8 Å². The molecule has 0 unspecified atom stereocenters. The molecule has 144 valence electrons. The first-order valence-electron chi connectivity index (χ1n) is 9.45. The van der Waals surface area contributed by atoms with Gasteiger partial charge in [-0.3, -0.25) is 4.79 Å². The quantitative estimate of drug-likeness (QED) is 0.664. The Balaban J connectivity index is 1.67. The number of ether oxygens (including phenoxy) is 1. The van der Waals surface area contributed by atoms with Gasteiger partial charge in [0.15, 0.2) is 0 Å². The standard InChI is InChI=1S/C22H22ClN3O2/c1-28-20-10-9-15(13-19(20)23)25-22(27)18-14-24-21(26-11-5-2-6-12-26)17-8-4-3-7-16(17)18/h3-4,7-10,13-14H,2,5-6,11-12H2,1H3,(H,25,27). The van der Waals surface area contributed by atoms with Crippen molar-refractivity contribution in [2.24, 2.45) is 0 Å². The van der Waals surface area contributed by atoms with Crippen molar-refractivity contribution < 1.29 is 9.53 Å². The molecule has 1 amide bonds. The number of rotatable bonds is 4. The zero-order chi connectivity index (χ0) is 19.5. The number of carbonyl (C=O) groups excluding carboxylic acids is 1. The van der Waals surface area contributed by atoms with Gasteiger partial charge in [-0.1, -0.05) is 35.9 Å². The molecule has 0 spiro atoms. The van der Waals surface area contributed by atoms with Crippen molar-refractivity contribution in [1.29, 1.82) is 0 Å². The van der Waals surface area contributed by atoms with E-state index < -0.39 is 0 Å². The summed E-state index contributed by atoms with van der Waals surface area (Å²) in [6.45, 7) is 2.01. The largest absolute Gasteiger partial charge is 0.495 e. The highest BCUT2D eigenvalue weighted by atomic mass is 35.5. The summed E-state index contributed by atoms with van der Waals surface area (Å²) in [6, 6.07) is 13.1. The van der Waals surface area contributed by atoms with Crippen LogP contribution in [0, 0.1) is 0 Å². The van der Waals surface area contributed by atoms with E-state index in [-0.39, 0.29) is 5.91 Å². The molecule has 1 aliphatic rings. The van der Waals surface area contributed by atoms with E-state index in [1.807, 2.05) is 24.3 Å². The molecule has 1 N–H and O–H groups in total. The third-order valence-electron chi connectivity index (χ3n) is 5.08. The summed E-state index contributed by atoms with van der Waals surface area (Å²) < 4.78 is 5.16. The Kier molecular flexibility index (Phi) is 5.35. The fourth-order valence-corrected chi connectivity index (χ4v) is 3.92. The Morgan fingerprint density at radius 1 is 1.11 bits per heavy atom. The Morgan fingerprint density at radius 2 is 1.86 bits per heavy atom. The van der Waals surface area contributed by atoms with Gasteiger partial charge in [-0.2, -0.15) is 0 Å². The average molecular weight is 396 g/mol. The number of fused-ring (bicyclic) bond motifs is 1. The minimum Gasteiger partial charge on any atom is -0.495 e. The van der Waals surface area contributed by atoms with E-state index in [9.17, 15) is 4.79 Å². The molecule has 4 rings (SSSR count). The van der Waals surface area contributed by atoms with Crippen LogP contribution in [0.3, 0.4) is 0 Å². The number of nitrogens with zero attached hydrogens (tertiary/aromatic N) is 2. The van der Waals surface area contributed by atoms with Crippen LogP contribution in [0.25, 0.3) is 10.8 Å². The number of hydrogen-bond acceptors (Lipinski definition) is 4. The van der Waals surface area contributed by atoms with Crippen molar-refractivity contribution in [1.82, 2.24) is 4.98 Å². The minimum absolute atomic E-state index is 0.213. The Hall–Kier alpha value is -2.79. The molecule has 1 aliphatic heterocycles. The van der Waals surface area contributed by atoms with E-state index in [4.69, 9.17) is 16.3 Å². The zero-order valence-electron chi connectivity index (χ0n) is 15.7. The number of hydrogen-bond donors (Lipinski definition) is 1. The number of pyridine rings is 1. The van der Waals surface area contributed by atoms with Crippen molar-refractivity contribution in [2.75, 3.05) is 30.4 Å². The van der Waals surface area contributed by atoms with E-state index in [1.165, 1.54) is 19.3 Å². The lowest BCUT2D eigenvalue weighted by atomic mass is 10.0. The number of amides is 1. The van der Waals surface area contributed by atoms with E-state index in [0.717, 1.165) is 29.7 Å². The molecule has 2 aromatic carbocycles. The van der Waals surface area contributed by atoms with Crippen LogP contribution in [0.5, 0.6) is 5.75 Å². The molecule has 0 saturated carbocycles. The fourth-order valence-electron chi connectivity index (χ4n) is 3.66. The van der Waals surface area contributed by atoms with E-state index in [1.54, 1.807) is 31.5 Å². The van der Waals surface area contributed by atoms with Gasteiger partial charge in [0.2, 0.25) is 0 Å². The molecule has 6 heteroatoms. The molecule has 0 atom stereocenters. The first kappa shape index (κ1) is 18.6. The number of carbonyl (C=O) groups is 1. The SMILES string of the molecule is COc1ccc(NC(=O)c2cnc(N3CCCCC3)c3ccccc23)cc1Cl. The summed E-state index contributed by atoms with van der Waals surface area (Å²) in [7, 11) is 1.56. The third kappa shape index (κ3) is 3.62. The lowest BCUT2D eigenvalue weighted by Crippen LogP contribution is -2.30. The zero-order valence-corrected chi connectivity index (χ0v) is 16.5. The number of piperidine rings is 1. The maximum atomic E-state index is 12.9. The second kappa shape index (κ2) is 8.07. The number of benzene rings is 2. The van der Waals surface area contributed by atoms with Gasteiger partial charge < -0.3 is 15.0 Å². The van der Waals surface area contributed by atoms with Crippen molar-refractivity contribution in [3.8, 4) is 5.75 Å². The molecular weight excluding hydrogens is 374 g/mol. The van der Waals surface area contributed by atoms with E-state index in [0.29, 0.717) is 22.0 Å². The maximum Gasteiger partial charge on any atom is 0.257 e. The van der Waals surface area contributed by atoms with Crippen LogP contribution in [0.2, 0.25) is 5.02 Å². The second-order valence-electron chi connectivity index (χ2n) is 6.89. The van der Waals surface area contributed by atoms with Gasteiger partial charge in [0.25, 0.3) is 5.91 Å². The van der Waals surface area contributed by atoms with E-state index >= 15 is 0 Å². The summed E-state index contributed by atoms with van der Waals surface area (Å²) >= 11 is 6.17. The molecule has 1 saturated heterocycles. The van der Waals surface area contributed by atoms with Gasteiger partial charge >= 0.3 is 0 Å². The Bertz CT molecular complexity index is 1020. The van der Waals surface area contributed by atoms with Gasteiger partial charge in [0.1, 0.15) is 11.6 Å². The number of methoxy groups -OCH3 is 1. The predicted molar refractivity (Wildman–Crippen MR) is 114 cm³/mol. The summed E-state index contributed by atoms with van der Waals surface area (Å²) in [5.74, 6) is 1.31. The maximum absolute atomic E-state index is 12.9. The third-order valence-corrected chi connectivity index (χ3v) is 5.38. The molecule has 3 aromatic rings.